The predicted octanol–water partition coefficient (Wildman–Crippen LogP) is 2.96. The number of tetrazole rings is 1. The van der Waals surface area contributed by atoms with Crippen LogP contribution in [0.25, 0.3) is 5.69 Å². The minimum atomic E-state index is 0.358. The lowest BCUT2D eigenvalue weighted by Gasteiger charge is -2.29. The van der Waals surface area contributed by atoms with Gasteiger partial charge in [0.2, 0.25) is 0 Å². The Kier molecular flexibility index (Phi) is 3.20. The van der Waals surface area contributed by atoms with Crippen molar-refractivity contribution in [1.82, 2.24) is 20.2 Å². The van der Waals surface area contributed by atoms with Crippen molar-refractivity contribution in [3.8, 4) is 5.69 Å². The lowest BCUT2D eigenvalue weighted by molar-refractivity contribution is 0.350. The molecule has 1 atom stereocenters. The number of rotatable bonds is 3. The normalized spacial score (nSPS) is 21.1. The van der Waals surface area contributed by atoms with Gasteiger partial charge in [0.25, 0.3) is 0 Å². The fourth-order valence-electron chi connectivity index (χ4n) is 2.97. The Morgan fingerprint density at radius 3 is 2.85 bits per heavy atom. The molecule has 0 radical (unpaired) electrons. The second kappa shape index (κ2) is 4.89. The summed E-state index contributed by atoms with van der Waals surface area (Å²) >= 11 is 0. The summed E-state index contributed by atoms with van der Waals surface area (Å²) in [5.41, 5.74) is 3.78. The molecule has 2 aromatic rings. The molecule has 0 saturated heterocycles. The van der Waals surface area contributed by atoms with E-state index < -0.39 is 0 Å². The molecule has 0 amide bonds. The van der Waals surface area contributed by atoms with Gasteiger partial charge in [-0.3, -0.25) is 0 Å². The second-order valence-electron chi connectivity index (χ2n) is 6.33. The Labute approximate surface area is 119 Å². The van der Waals surface area contributed by atoms with E-state index in [9.17, 15) is 0 Å². The summed E-state index contributed by atoms with van der Waals surface area (Å²) in [4.78, 5) is 0. The van der Waals surface area contributed by atoms with Gasteiger partial charge in [-0.1, -0.05) is 26.3 Å². The minimum absolute atomic E-state index is 0.358. The Morgan fingerprint density at radius 2 is 2.20 bits per heavy atom. The summed E-state index contributed by atoms with van der Waals surface area (Å²) in [6.45, 7) is 6.82. The molecular formula is C15H21N5. The van der Waals surface area contributed by atoms with Crippen molar-refractivity contribution in [1.29, 1.82) is 0 Å². The van der Waals surface area contributed by atoms with Gasteiger partial charge >= 0.3 is 0 Å². The zero-order valence-corrected chi connectivity index (χ0v) is 12.3. The van der Waals surface area contributed by atoms with E-state index in [0.29, 0.717) is 11.5 Å². The van der Waals surface area contributed by atoms with E-state index in [1.165, 1.54) is 30.5 Å². The van der Waals surface area contributed by atoms with Crippen molar-refractivity contribution in [2.75, 3.05) is 5.32 Å². The first-order valence-corrected chi connectivity index (χ1v) is 7.17. The first-order chi connectivity index (χ1) is 9.56. The van der Waals surface area contributed by atoms with Crippen molar-refractivity contribution in [3.05, 3.63) is 30.1 Å². The van der Waals surface area contributed by atoms with Crippen LogP contribution in [-0.2, 0) is 0 Å². The average molecular weight is 271 g/mol. The van der Waals surface area contributed by atoms with Crippen molar-refractivity contribution < 1.29 is 0 Å². The van der Waals surface area contributed by atoms with E-state index in [0.717, 1.165) is 5.69 Å². The number of anilines is 1. The summed E-state index contributed by atoms with van der Waals surface area (Å²) in [5.74, 6) is 0. The smallest absolute Gasteiger partial charge is 0.143 e. The average Bonchev–Trinajstić information content (AvgIpc) is 3.03. The molecule has 1 aromatic heterocycles. The molecule has 5 heteroatoms. The fraction of sp³-hybridized carbons (Fsp3) is 0.533. The first-order valence-electron chi connectivity index (χ1n) is 7.17. The van der Waals surface area contributed by atoms with Crippen molar-refractivity contribution >= 4 is 5.69 Å². The zero-order valence-electron chi connectivity index (χ0n) is 12.3. The Hall–Kier alpha value is -1.91. The van der Waals surface area contributed by atoms with Gasteiger partial charge in [0.15, 0.2) is 0 Å². The lowest BCUT2D eigenvalue weighted by Crippen LogP contribution is -2.31. The molecule has 106 valence electrons. The summed E-state index contributed by atoms with van der Waals surface area (Å²) in [6.07, 6.45) is 5.45. The number of aryl methyl sites for hydroxylation is 1. The van der Waals surface area contributed by atoms with Crippen LogP contribution >= 0.6 is 0 Å². The first kappa shape index (κ1) is 13.1. The number of hydrogen-bond acceptors (Lipinski definition) is 4. The highest BCUT2D eigenvalue weighted by Gasteiger charge is 2.34. The van der Waals surface area contributed by atoms with Crippen LogP contribution in [0.2, 0.25) is 0 Å². The molecule has 0 aliphatic heterocycles. The van der Waals surface area contributed by atoms with Crippen LogP contribution in [0.4, 0.5) is 5.69 Å². The molecule has 1 heterocycles. The maximum atomic E-state index is 3.95. The maximum Gasteiger partial charge on any atom is 0.143 e. The van der Waals surface area contributed by atoms with Crippen LogP contribution in [0.15, 0.2) is 24.5 Å². The molecule has 1 unspecified atom stereocenters. The molecular weight excluding hydrogens is 250 g/mol. The highest BCUT2D eigenvalue weighted by molar-refractivity contribution is 5.57. The van der Waals surface area contributed by atoms with Crippen LogP contribution < -0.4 is 5.32 Å². The van der Waals surface area contributed by atoms with E-state index in [2.05, 4.69) is 53.7 Å². The van der Waals surface area contributed by atoms with Gasteiger partial charge in [0, 0.05) is 11.7 Å². The molecule has 1 aliphatic rings. The topological polar surface area (TPSA) is 55.6 Å². The third kappa shape index (κ3) is 2.40. The standard InChI is InChI=1S/C15H21N5/c1-11-6-7-12(20-10-16-18-19-20)9-13(11)17-14-5-4-8-15(14,2)3/h6-7,9-10,14,17H,4-5,8H2,1-3H3. The molecule has 1 fully saturated rings. The van der Waals surface area contributed by atoms with E-state index in [-0.39, 0.29) is 0 Å². The van der Waals surface area contributed by atoms with Crippen LogP contribution in [0.3, 0.4) is 0 Å². The molecule has 1 N–H and O–H groups in total. The van der Waals surface area contributed by atoms with Gasteiger partial charge < -0.3 is 5.32 Å². The van der Waals surface area contributed by atoms with E-state index in [1.54, 1.807) is 11.0 Å². The summed E-state index contributed by atoms with van der Waals surface area (Å²) in [6, 6.07) is 6.81. The Bertz CT molecular complexity index is 588. The predicted molar refractivity (Wildman–Crippen MR) is 78.9 cm³/mol. The molecule has 20 heavy (non-hydrogen) atoms. The van der Waals surface area contributed by atoms with Crippen LogP contribution in [0.5, 0.6) is 0 Å². The largest absolute Gasteiger partial charge is 0.381 e. The van der Waals surface area contributed by atoms with E-state index >= 15 is 0 Å². The van der Waals surface area contributed by atoms with Gasteiger partial charge in [-0.25, -0.2) is 4.68 Å². The molecule has 1 aromatic carbocycles. The summed E-state index contributed by atoms with van der Waals surface area (Å²) < 4.78 is 1.68. The number of hydrogen-bond donors (Lipinski definition) is 1. The number of nitrogens with one attached hydrogen (secondary N) is 1. The highest BCUT2D eigenvalue weighted by atomic mass is 15.5. The Morgan fingerprint density at radius 1 is 1.35 bits per heavy atom. The molecule has 3 rings (SSSR count). The monoisotopic (exact) mass is 271 g/mol. The third-order valence-electron chi connectivity index (χ3n) is 4.42. The van der Waals surface area contributed by atoms with Gasteiger partial charge in [-0.05, 0) is 53.3 Å². The van der Waals surface area contributed by atoms with Crippen LogP contribution in [-0.4, -0.2) is 26.2 Å². The quantitative estimate of drug-likeness (QED) is 0.932. The number of aromatic nitrogens is 4. The summed E-state index contributed by atoms with van der Waals surface area (Å²) in [7, 11) is 0. The number of benzene rings is 1. The van der Waals surface area contributed by atoms with E-state index in [4.69, 9.17) is 0 Å². The highest BCUT2D eigenvalue weighted by Crippen LogP contribution is 2.39. The van der Waals surface area contributed by atoms with Gasteiger partial charge in [0.05, 0.1) is 5.69 Å². The third-order valence-corrected chi connectivity index (χ3v) is 4.42. The molecule has 1 saturated carbocycles. The van der Waals surface area contributed by atoms with Crippen molar-refractivity contribution in [2.45, 2.75) is 46.1 Å². The zero-order chi connectivity index (χ0) is 14.2. The van der Waals surface area contributed by atoms with Crippen LogP contribution in [0, 0.1) is 12.3 Å². The molecule has 0 spiro atoms. The van der Waals surface area contributed by atoms with E-state index in [1.807, 2.05) is 6.07 Å². The van der Waals surface area contributed by atoms with Gasteiger partial charge in [-0.2, -0.15) is 0 Å². The second-order valence-corrected chi connectivity index (χ2v) is 6.33. The summed E-state index contributed by atoms with van der Waals surface area (Å²) in [5, 5.41) is 15.0. The Balaban J connectivity index is 1.88. The maximum absolute atomic E-state index is 3.95. The van der Waals surface area contributed by atoms with Crippen molar-refractivity contribution in [3.63, 3.8) is 0 Å². The van der Waals surface area contributed by atoms with Gasteiger partial charge in [0.1, 0.15) is 6.33 Å². The van der Waals surface area contributed by atoms with Crippen molar-refractivity contribution in [2.24, 2.45) is 5.41 Å². The van der Waals surface area contributed by atoms with Crippen LogP contribution in [0.1, 0.15) is 38.7 Å². The molecule has 0 bridgehead atoms. The lowest BCUT2D eigenvalue weighted by atomic mass is 9.87. The molecule has 1 aliphatic carbocycles. The molecule has 5 nitrogen and oxygen atoms in total. The van der Waals surface area contributed by atoms with Gasteiger partial charge in [-0.15, -0.1) is 5.10 Å². The fourth-order valence-corrected chi connectivity index (χ4v) is 2.97. The SMILES string of the molecule is Cc1ccc(-n2cnnn2)cc1NC1CCCC1(C)C. The minimum Gasteiger partial charge on any atom is -0.381 e. The number of nitrogens with zero attached hydrogens (tertiary/aromatic N) is 4.